The van der Waals surface area contributed by atoms with Crippen molar-refractivity contribution in [3.63, 3.8) is 0 Å². The summed E-state index contributed by atoms with van der Waals surface area (Å²) in [6.45, 7) is 3.20. The normalized spacial score (nSPS) is 12.9. The Morgan fingerprint density at radius 1 is 1.37 bits per heavy atom. The molecule has 0 spiro atoms. The summed E-state index contributed by atoms with van der Waals surface area (Å²) in [4.78, 5) is 3.59. The highest BCUT2D eigenvalue weighted by Crippen LogP contribution is 2.25. The van der Waals surface area contributed by atoms with E-state index in [-0.39, 0.29) is 12.4 Å². The smallest absolute Gasteiger partial charge is 0.127 e. The van der Waals surface area contributed by atoms with Gasteiger partial charge in [-0.25, -0.2) is 4.39 Å². The van der Waals surface area contributed by atoms with Crippen molar-refractivity contribution < 1.29 is 4.39 Å². The maximum atomic E-state index is 13.4. The Morgan fingerprint density at radius 3 is 2.79 bits per heavy atom. The van der Waals surface area contributed by atoms with Crippen LogP contribution in [0.2, 0.25) is 0 Å². The molecule has 0 saturated heterocycles. The summed E-state index contributed by atoms with van der Waals surface area (Å²) in [5.74, 6) is -0.222. The monoisotopic (exact) mass is 278 g/mol. The van der Waals surface area contributed by atoms with E-state index in [9.17, 15) is 4.39 Å². The van der Waals surface area contributed by atoms with Crippen LogP contribution in [0, 0.1) is 5.82 Å². The van der Waals surface area contributed by atoms with Gasteiger partial charge in [-0.3, -0.25) is 4.90 Å². The zero-order valence-electron chi connectivity index (χ0n) is 11.3. The van der Waals surface area contributed by atoms with Gasteiger partial charge in [-0.1, -0.05) is 18.2 Å². The van der Waals surface area contributed by atoms with Crippen LogP contribution in [-0.2, 0) is 13.1 Å². The largest absolute Gasteiger partial charge is 0.326 e. The summed E-state index contributed by atoms with van der Waals surface area (Å²) >= 11 is 1.76. The van der Waals surface area contributed by atoms with E-state index >= 15 is 0 Å². The number of nitrogens with two attached hydrogens (primary N) is 1. The highest BCUT2D eigenvalue weighted by Gasteiger charge is 2.13. The summed E-state index contributed by atoms with van der Waals surface area (Å²) in [6.07, 6.45) is 0. The zero-order chi connectivity index (χ0) is 13.8. The number of halogens is 1. The van der Waals surface area contributed by atoms with Crippen LogP contribution >= 0.6 is 11.3 Å². The Balaban J connectivity index is 2.08. The van der Waals surface area contributed by atoms with E-state index in [0.29, 0.717) is 11.6 Å². The third kappa shape index (κ3) is 3.41. The quantitative estimate of drug-likeness (QED) is 0.906. The molecule has 2 rings (SSSR count). The van der Waals surface area contributed by atoms with Crippen molar-refractivity contribution >= 4 is 11.3 Å². The van der Waals surface area contributed by atoms with Gasteiger partial charge >= 0.3 is 0 Å². The van der Waals surface area contributed by atoms with Crippen molar-refractivity contribution in [2.45, 2.75) is 26.1 Å². The fourth-order valence-corrected chi connectivity index (χ4v) is 2.90. The van der Waals surface area contributed by atoms with Crippen LogP contribution in [0.5, 0.6) is 0 Å². The van der Waals surface area contributed by atoms with E-state index in [2.05, 4.69) is 36.4 Å². The van der Waals surface area contributed by atoms with Gasteiger partial charge in [0.25, 0.3) is 0 Å². The molecule has 0 fully saturated rings. The van der Waals surface area contributed by atoms with Crippen molar-refractivity contribution in [3.05, 3.63) is 57.5 Å². The van der Waals surface area contributed by atoms with Crippen LogP contribution in [-0.4, -0.2) is 11.9 Å². The molecule has 0 aliphatic rings. The predicted molar refractivity (Wildman–Crippen MR) is 78.5 cm³/mol. The summed E-state index contributed by atoms with van der Waals surface area (Å²) < 4.78 is 13.4. The Hall–Kier alpha value is -1.23. The van der Waals surface area contributed by atoms with Gasteiger partial charge in [-0.2, -0.15) is 0 Å². The first kappa shape index (κ1) is 14.2. The molecule has 0 bridgehead atoms. The first-order valence-electron chi connectivity index (χ1n) is 6.33. The SMILES string of the molecule is CC(c1cccs1)N(C)Cc1ccc(F)c(CN)c1. The molecule has 0 aliphatic heterocycles. The van der Waals surface area contributed by atoms with Crippen LogP contribution in [0.25, 0.3) is 0 Å². The fraction of sp³-hybridized carbons (Fsp3) is 0.333. The zero-order valence-corrected chi connectivity index (χ0v) is 12.1. The maximum Gasteiger partial charge on any atom is 0.127 e. The van der Waals surface area contributed by atoms with Crippen molar-refractivity contribution in [1.29, 1.82) is 0 Å². The number of rotatable bonds is 5. The van der Waals surface area contributed by atoms with Crippen molar-refractivity contribution in [2.24, 2.45) is 5.73 Å². The van der Waals surface area contributed by atoms with Crippen molar-refractivity contribution in [1.82, 2.24) is 4.90 Å². The lowest BCUT2D eigenvalue weighted by molar-refractivity contribution is 0.256. The van der Waals surface area contributed by atoms with Gasteiger partial charge in [-0.05, 0) is 37.0 Å². The number of benzene rings is 1. The number of hydrogen-bond donors (Lipinski definition) is 1. The molecule has 1 aromatic carbocycles. The molecule has 1 aromatic heterocycles. The average molecular weight is 278 g/mol. The average Bonchev–Trinajstić information content (AvgIpc) is 2.94. The van der Waals surface area contributed by atoms with Gasteiger partial charge in [0, 0.05) is 29.6 Å². The number of thiophene rings is 1. The predicted octanol–water partition coefficient (Wildman–Crippen LogP) is 3.54. The van der Waals surface area contributed by atoms with Crippen LogP contribution in [0.4, 0.5) is 4.39 Å². The Bertz CT molecular complexity index is 525. The highest BCUT2D eigenvalue weighted by molar-refractivity contribution is 7.10. The molecule has 4 heteroatoms. The molecular weight excluding hydrogens is 259 g/mol. The molecule has 102 valence electrons. The highest BCUT2D eigenvalue weighted by atomic mass is 32.1. The minimum Gasteiger partial charge on any atom is -0.326 e. The van der Waals surface area contributed by atoms with Gasteiger partial charge in [0.05, 0.1) is 0 Å². The van der Waals surface area contributed by atoms with Gasteiger partial charge in [-0.15, -0.1) is 11.3 Å². The Labute approximate surface area is 117 Å². The molecular formula is C15H19FN2S. The van der Waals surface area contributed by atoms with Gasteiger partial charge in [0.15, 0.2) is 0 Å². The Morgan fingerprint density at radius 2 is 2.16 bits per heavy atom. The molecule has 2 N–H and O–H groups in total. The molecule has 0 saturated carbocycles. The molecule has 2 nitrogen and oxygen atoms in total. The molecule has 1 atom stereocenters. The molecule has 19 heavy (non-hydrogen) atoms. The topological polar surface area (TPSA) is 29.3 Å². The van der Waals surface area contributed by atoms with Gasteiger partial charge in [0.1, 0.15) is 5.82 Å². The first-order chi connectivity index (χ1) is 9.11. The summed E-state index contributed by atoms with van der Waals surface area (Å²) in [6, 6.07) is 9.74. The molecule has 0 aliphatic carbocycles. The molecule has 1 heterocycles. The van der Waals surface area contributed by atoms with E-state index in [0.717, 1.165) is 12.1 Å². The van der Waals surface area contributed by atoms with Crippen molar-refractivity contribution in [3.8, 4) is 0 Å². The van der Waals surface area contributed by atoms with Gasteiger partial charge in [0.2, 0.25) is 0 Å². The number of hydrogen-bond acceptors (Lipinski definition) is 3. The fourth-order valence-electron chi connectivity index (χ4n) is 2.05. The lowest BCUT2D eigenvalue weighted by Crippen LogP contribution is -2.21. The molecule has 1 unspecified atom stereocenters. The van der Waals surface area contributed by atoms with Crippen molar-refractivity contribution in [2.75, 3.05) is 7.05 Å². The third-order valence-corrected chi connectivity index (χ3v) is 4.42. The second-order valence-electron chi connectivity index (χ2n) is 4.74. The third-order valence-electron chi connectivity index (χ3n) is 3.38. The van der Waals surface area contributed by atoms with E-state index in [4.69, 9.17) is 5.73 Å². The lowest BCUT2D eigenvalue weighted by atomic mass is 10.1. The first-order valence-corrected chi connectivity index (χ1v) is 7.20. The summed E-state index contributed by atoms with van der Waals surface area (Å²) in [5, 5.41) is 2.09. The molecule has 0 radical (unpaired) electrons. The summed E-state index contributed by atoms with van der Waals surface area (Å²) in [7, 11) is 2.08. The van der Waals surface area contributed by atoms with Gasteiger partial charge < -0.3 is 5.73 Å². The Kier molecular flexibility index (Phi) is 4.69. The lowest BCUT2D eigenvalue weighted by Gasteiger charge is -2.24. The number of nitrogens with zero attached hydrogens (tertiary/aromatic N) is 1. The van der Waals surface area contributed by atoms with E-state index in [1.54, 1.807) is 11.3 Å². The molecule has 0 amide bonds. The minimum atomic E-state index is -0.222. The van der Waals surface area contributed by atoms with E-state index < -0.39 is 0 Å². The maximum absolute atomic E-state index is 13.4. The second-order valence-corrected chi connectivity index (χ2v) is 5.72. The minimum absolute atomic E-state index is 0.222. The standard InChI is InChI=1S/C15H19FN2S/c1-11(15-4-3-7-19-15)18(2)10-12-5-6-14(16)13(8-12)9-17/h3-8,11H,9-10,17H2,1-2H3. The van der Waals surface area contributed by atoms with E-state index in [1.165, 1.54) is 10.9 Å². The molecule has 2 aromatic rings. The van der Waals surface area contributed by atoms with E-state index in [1.807, 2.05) is 12.1 Å². The van der Waals surface area contributed by atoms with Crippen LogP contribution < -0.4 is 5.73 Å². The summed E-state index contributed by atoms with van der Waals surface area (Å²) in [5.41, 5.74) is 7.20. The van der Waals surface area contributed by atoms with Crippen LogP contribution in [0.15, 0.2) is 35.7 Å². The van der Waals surface area contributed by atoms with Crippen LogP contribution in [0.3, 0.4) is 0 Å². The second kappa shape index (κ2) is 6.28. The van der Waals surface area contributed by atoms with Crippen LogP contribution in [0.1, 0.15) is 29.0 Å².